The van der Waals surface area contributed by atoms with Gasteiger partial charge in [-0.05, 0) is 24.3 Å². The molecule has 0 unspecified atom stereocenters. The topological polar surface area (TPSA) is 81.1 Å². The number of aromatic nitrogens is 3. The number of rotatable bonds is 5. The van der Waals surface area contributed by atoms with Crippen LogP contribution in [0.2, 0.25) is 0 Å². The highest BCUT2D eigenvalue weighted by Gasteiger charge is 2.14. The maximum absolute atomic E-state index is 10.7. The molecule has 0 aliphatic carbocycles. The molecule has 1 N–H and O–H groups in total. The van der Waals surface area contributed by atoms with Crippen molar-refractivity contribution in [2.45, 2.75) is 11.7 Å². The highest BCUT2D eigenvalue weighted by molar-refractivity contribution is 7.99. The SMILES string of the molecule is O=C(O)CSc1nc2cccnc2n1Cc1ccco1. The number of fused-ring (bicyclic) bond motifs is 1. The van der Waals surface area contributed by atoms with Gasteiger partial charge < -0.3 is 9.52 Å². The van der Waals surface area contributed by atoms with Crippen LogP contribution in [0.5, 0.6) is 0 Å². The van der Waals surface area contributed by atoms with Gasteiger partial charge in [0, 0.05) is 6.20 Å². The molecule has 0 bridgehead atoms. The molecule has 20 heavy (non-hydrogen) atoms. The lowest BCUT2D eigenvalue weighted by atomic mass is 10.4. The Balaban J connectivity index is 2.01. The van der Waals surface area contributed by atoms with E-state index in [1.165, 1.54) is 11.8 Å². The Hall–Kier alpha value is -2.28. The molecule has 0 radical (unpaired) electrons. The molecule has 0 spiro atoms. The number of aliphatic carboxylic acids is 1. The van der Waals surface area contributed by atoms with Gasteiger partial charge in [-0.3, -0.25) is 9.36 Å². The minimum absolute atomic E-state index is 0.0402. The van der Waals surface area contributed by atoms with Crippen molar-refractivity contribution >= 4 is 28.9 Å². The Morgan fingerprint density at radius 3 is 3.05 bits per heavy atom. The number of hydrogen-bond donors (Lipinski definition) is 1. The van der Waals surface area contributed by atoms with E-state index in [1.807, 2.05) is 22.8 Å². The molecule has 0 saturated heterocycles. The van der Waals surface area contributed by atoms with Crippen molar-refractivity contribution < 1.29 is 14.3 Å². The smallest absolute Gasteiger partial charge is 0.313 e. The maximum atomic E-state index is 10.7. The van der Waals surface area contributed by atoms with E-state index in [9.17, 15) is 4.79 Å². The molecule has 3 aromatic rings. The molecule has 3 heterocycles. The minimum atomic E-state index is -0.875. The number of thioether (sulfide) groups is 1. The molecular formula is C13H11N3O3S. The summed E-state index contributed by atoms with van der Waals surface area (Å²) in [6.07, 6.45) is 3.29. The van der Waals surface area contributed by atoms with E-state index in [1.54, 1.807) is 18.5 Å². The van der Waals surface area contributed by atoms with E-state index in [4.69, 9.17) is 9.52 Å². The Bertz CT molecular complexity index is 736. The van der Waals surface area contributed by atoms with Gasteiger partial charge in [-0.15, -0.1) is 0 Å². The lowest BCUT2D eigenvalue weighted by Crippen LogP contribution is -2.04. The lowest BCUT2D eigenvalue weighted by molar-refractivity contribution is -0.133. The molecule has 7 heteroatoms. The number of carbonyl (C=O) groups is 1. The summed E-state index contributed by atoms with van der Waals surface area (Å²) in [7, 11) is 0. The summed E-state index contributed by atoms with van der Waals surface area (Å²) in [5.41, 5.74) is 1.46. The van der Waals surface area contributed by atoms with Crippen LogP contribution in [0.1, 0.15) is 5.76 Å². The number of imidazole rings is 1. The molecular weight excluding hydrogens is 278 g/mol. The Morgan fingerprint density at radius 2 is 2.30 bits per heavy atom. The van der Waals surface area contributed by atoms with Gasteiger partial charge in [0.2, 0.25) is 0 Å². The quantitative estimate of drug-likeness (QED) is 0.725. The van der Waals surface area contributed by atoms with Crippen LogP contribution in [-0.2, 0) is 11.3 Å². The molecule has 0 saturated carbocycles. The van der Waals surface area contributed by atoms with Crippen LogP contribution in [0.3, 0.4) is 0 Å². The molecule has 0 amide bonds. The van der Waals surface area contributed by atoms with Gasteiger partial charge in [0.05, 0.1) is 18.6 Å². The lowest BCUT2D eigenvalue weighted by Gasteiger charge is -2.05. The first kappa shape index (κ1) is 12.7. The van der Waals surface area contributed by atoms with Crippen LogP contribution < -0.4 is 0 Å². The van der Waals surface area contributed by atoms with E-state index in [0.717, 1.165) is 16.9 Å². The normalized spacial score (nSPS) is 11.0. The van der Waals surface area contributed by atoms with Crippen molar-refractivity contribution in [3.8, 4) is 0 Å². The van der Waals surface area contributed by atoms with Crippen LogP contribution in [0, 0.1) is 0 Å². The molecule has 0 aromatic carbocycles. The first-order valence-corrected chi connectivity index (χ1v) is 6.91. The van der Waals surface area contributed by atoms with Crippen molar-refractivity contribution in [2.75, 3.05) is 5.75 Å². The third-order valence-electron chi connectivity index (χ3n) is 2.69. The average molecular weight is 289 g/mol. The monoisotopic (exact) mass is 289 g/mol. The van der Waals surface area contributed by atoms with Gasteiger partial charge in [0.25, 0.3) is 0 Å². The van der Waals surface area contributed by atoms with Crippen LogP contribution in [0.4, 0.5) is 0 Å². The molecule has 0 atom stereocenters. The van der Waals surface area contributed by atoms with E-state index in [-0.39, 0.29) is 5.75 Å². The number of nitrogens with zero attached hydrogens (tertiary/aromatic N) is 3. The molecule has 0 aliphatic rings. The highest BCUT2D eigenvalue weighted by atomic mass is 32.2. The predicted octanol–water partition coefficient (Wildman–Crippen LogP) is 2.25. The van der Waals surface area contributed by atoms with Crippen molar-refractivity contribution in [2.24, 2.45) is 0 Å². The van der Waals surface area contributed by atoms with Crippen LogP contribution in [0.25, 0.3) is 11.2 Å². The third kappa shape index (κ3) is 2.53. The molecule has 0 aliphatic heterocycles. The van der Waals surface area contributed by atoms with Crippen molar-refractivity contribution in [3.05, 3.63) is 42.5 Å². The Kier molecular flexibility index (Phi) is 3.42. The van der Waals surface area contributed by atoms with Crippen LogP contribution >= 0.6 is 11.8 Å². The molecule has 0 fully saturated rings. The second kappa shape index (κ2) is 5.38. The third-order valence-corrected chi connectivity index (χ3v) is 3.65. The second-order valence-electron chi connectivity index (χ2n) is 4.09. The number of carboxylic acid groups (broad SMARTS) is 1. The fraction of sp³-hybridized carbons (Fsp3) is 0.154. The molecule has 102 valence electrons. The number of hydrogen-bond acceptors (Lipinski definition) is 5. The fourth-order valence-corrected chi connectivity index (χ4v) is 2.60. The number of carboxylic acids is 1. The van der Waals surface area contributed by atoms with Gasteiger partial charge in [-0.1, -0.05) is 11.8 Å². The van der Waals surface area contributed by atoms with Gasteiger partial charge in [-0.25, -0.2) is 9.97 Å². The zero-order valence-corrected chi connectivity index (χ0v) is 11.2. The van der Waals surface area contributed by atoms with E-state index >= 15 is 0 Å². The second-order valence-corrected chi connectivity index (χ2v) is 5.03. The van der Waals surface area contributed by atoms with Gasteiger partial charge >= 0.3 is 5.97 Å². The number of furan rings is 1. The molecule has 3 aromatic heterocycles. The Morgan fingerprint density at radius 1 is 1.40 bits per heavy atom. The summed E-state index contributed by atoms with van der Waals surface area (Å²) >= 11 is 1.17. The van der Waals surface area contributed by atoms with Gasteiger partial charge in [0.15, 0.2) is 10.8 Å². The fourth-order valence-electron chi connectivity index (χ4n) is 1.88. The van der Waals surface area contributed by atoms with Crippen molar-refractivity contribution in [1.82, 2.24) is 14.5 Å². The summed E-state index contributed by atoms with van der Waals surface area (Å²) in [5.74, 6) is -0.145. The standard InChI is InChI=1S/C13H11N3O3S/c17-11(18)8-20-13-15-10-4-1-5-14-12(10)16(13)7-9-3-2-6-19-9/h1-6H,7-8H2,(H,17,18). The zero-order chi connectivity index (χ0) is 13.9. The van der Waals surface area contributed by atoms with Crippen molar-refractivity contribution in [3.63, 3.8) is 0 Å². The van der Waals surface area contributed by atoms with E-state index in [2.05, 4.69) is 9.97 Å². The summed E-state index contributed by atoms with van der Waals surface area (Å²) in [6, 6.07) is 7.33. The van der Waals surface area contributed by atoms with Crippen LogP contribution in [0.15, 0.2) is 46.3 Å². The summed E-state index contributed by atoms with van der Waals surface area (Å²) in [4.78, 5) is 19.5. The zero-order valence-electron chi connectivity index (χ0n) is 10.4. The van der Waals surface area contributed by atoms with E-state index < -0.39 is 5.97 Å². The first-order valence-electron chi connectivity index (χ1n) is 5.92. The van der Waals surface area contributed by atoms with E-state index in [0.29, 0.717) is 11.7 Å². The van der Waals surface area contributed by atoms with Gasteiger partial charge in [0.1, 0.15) is 11.3 Å². The van der Waals surface area contributed by atoms with Crippen LogP contribution in [-0.4, -0.2) is 31.4 Å². The minimum Gasteiger partial charge on any atom is -0.481 e. The maximum Gasteiger partial charge on any atom is 0.313 e. The predicted molar refractivity (Wildman–Crippen MR) is 73.7 cm³/mol. The summed E-state index contributed by atoms with van der Waals surface area (Å²) in [5, 5.41) is 9.43. The van der Waals surface area contributed by atoms with Crippen molar-refractivity contribution in [1.29, 1.82) is 0 Å². The number of pyridine rings is 1. The molecule has 6 nitrogen and oxygen atoms in total. The summed E-state index contributed by atoms with van der Waals surface area (Å²) < 4.78 is 7.20. The van der Waals surface area contributed by atoms with Gasteiger partial charge in [-0.2, -0.15) is 0 Å². The molecule has 3 rings (SSSR count). The first-order chi connectivity index (χ1) is 9.74. The Labute approximate surface area is 118 Å². The largest absolute Gasteiger partial charge is 0.481 e. The summed E-state index contributed by atoms with van der Waals surface area (Å²) in [6.45, 7) is 0.475. The average Bonchev–Trinajstić information content (AvgIpc) is 3.05. The highest BCUT2D eigenvalue weighted by Crippen LogP contribution is 2.23.